The van der Waals surface area contributed by atoms with E-state index < -0.39 is 5.91 Å². The normalized spacial score (nSPS) is 17.7. The Morgan fingerprint density at radius 1 is 1.13 bits per heavy atom. The number of hydrogen-bond acceptors (Lipinski definition) is 3. The number of fused-ring (bicyclic) bond motifs is 2. The third-order valence-corrected chi connectivity index (χ3v) is 4.49. The van der Waals surface area contributed by atoms with Gasteiger partial charge in [0.2, 0.25) is 0 Å². The second-order valence-corrected chi connectivity index (χ2v) is 5.93. The smallest absolute Gasteiger partial charge is 0.250 e. The molecule has 4 rings (SSSR count). The minimum atomic E-state index is -0.449. The number of carbonyl (C=O) groups excluding carboxylic acids is 1. The van der Waals surface area contributed by atoms with Crippen molar-refractivity contribution in [3.05, 3.63) is 65.0 Å². The zero-order valence-electron chi connectivity index (χ0n) is 12.7. The monoisotopic (exact) mass is 306 g/mol. The van der Waals surface area contributed by atoms with Crippen molar-refractivity contribution in [3.8, 4) is 0 Å². The molecule has 3 aromatic rings. The number of nitrogens with one attached hydrogen (secondary N) is 2. The van der Waals surface area contributed by atoms with Crippen LogP contribution < -0.4 is 11.1 Å². The number of aryl methyl sites for hydroxylation is 1. The third kappa shape index (κ3) is 2.49. The van der Waals surface area contributed by atoms with Gasteiger partial charge in [0.1, 0.15) is 11.3 Å². The van der Waals surface area contributed by atoms with Gasteiger partial charge in [-0.3, -0.25) is 4.79 Å². The van der Waals surface area contributed by atoms with Gasteiger partial charge < -0.3 is 16.0 Å². The molecule has 0 radical (unpaired) electrons. The molecule has 1 aliphatic rings. The van der Waals surface area contributed by atoms with Crippen molar-refractivity contribution in [3.63, 3.8) is 0 Å². The van der Waals surface area contributed by atoms with Gasteiger partial charge in [0.05, 0.1) is 17.1 Å². The number of imidazole rings is 1. The summed E-state index contributed by atoms with van der Waals surface area (Å²) in [6, 6.07) is 14.1. The molecule has 1 aromatic heterocycles. The van der Waals surface area contributed by atoms with Crippen LogP contribution in [0.1, 0.15) is 39.8 Å². The number of rotatable bonds is 2. The lowest BCUT2D eigenvalue weighted by atomic mass is 10.0. The number of benzene rings is 2. The van der Waals surface area contributed by atoms with Gasteiger partial charge in [-0.15, -0.1) is 0 Å². The van der Waals surface area contributed by atoms with Gasteiger partial charge in [-0.05, 0) is 36.1 Å². The third-order valence-electron chi connectivity index (χ3n) is 4.49. The highest BCUT2D eigenvalue weighted by Crippen LogP contribution is 2.26. The Hall–Kier alpha value is -2.66. The van der Waals surface area contributed by atoms with Crippen molar-refractivity contribution >= 4 is 16.9 Å². The second kappa shape index (κ2) is 5.52. The van der Waals surface area contributed by atoms with Crippen LogP contribution in [0.4, 0.5) is 0 Å². The maximum atomic E-state index is 11.6. The number of hydrogen-bond donors (Lipinski definition) is 3. The summed E-state index contributed by atoms with van der Waals surface area (Å²) in [4.78, 5) is 19.5. The molecule has 1 aliphatic heterocycles. The molecule has 4 N–H and O–H groups in total. The summed E-state index contributed by atoms with van der Waals surface area (Å²) < 4.78 is 0. The number of carbonyl (C=O) groups is 1. The largest absolute Gasteiger partial charge is 0.366 e. The molecule has 23 heavy (non-hydrogen) atoms. The molecular weight excluding hydrogens is 288 g/mol. The van der Waals surface area contributed by atoms with Gasteiger partial charge in [0.25, 0.3) is 5.91 Å². The van der Waals surface area contributed by atoms with Crippen LogP contribution in [0, 0.1) is 0 Å². The van der Waals surface area contributed by atoms with E-state index in [4.69, 9.17) is 5.73 Å². The number of primary amides is 1. The fourth-order valence-corrected chi connectivity index (χ4v) is 3.26. The number of nitrogens with zero attached hydrogens (tertiary/aromatic N) is 1. The van der Waals surface area contributed by atoms with Crippen molar-refractivity contribution < 1.29 is 4.79 Å². The Labute approximate surface area is 133 Å². The van der Waals surface area contributed by atoms with Crippen molar-refractivity contribution in [2.24, 2.45) is 5.73 Å². The summed E-state index contributed by atoms with van der Waals surface area (Å²) in [5.41, 5.74) is 10.1. The summed E-state index contributed by atoms with van der Waals surface area (Å²) in [5.74, 6) is 0.413. The number of aromatic nitrogens is 2. The average molecular weight is 306 g/mol. The molecule has 0 spiro atoms. The second-order valence-electron chi connectivity index (χ2n) is 5.93. The zero-order valence-corrected chi connectivity index (χ0v) is 12.7. The Morgan fingerprint density at radius 2 is 1.96 bits per heavy atom. The highest BCUT2D eigenvalue weighted by Gasteiger charge is 2.21. The molecule has 1 atom stereocenters. The highest BCUT2D eigenvalue weighted by molar-refractivity contribution is 6.04. The molecule has 1 amide bonds. The molecule has 0 fully saturated rings. The maximum Gasteiger partial charge on any atom is 0.250 e. The fourth-order valence-electron chi connectivity index (χ4n) is 3.26. The van der Waals surface area contributed by atoms with Crippen molar-refractivity contribution in [1.29, 1.82) is 0 Å². The molecule has 0 bridgehead atoms. The topological polar surface area (TPSA) is 83.8 Å². The van der Waals surface area contributed by atoms with Gasteiger partial charge in [-0.1, -0.05) is 30.3 Å². The van der Waals surface area contributed by atoms with Crippen LogP contribution in [0.25, 0.3) is 11.0 Å². The first-order valence-electron chi connectivity index (χ1n) is 7.81. The quantitative estimate of drug-likeness (QED) is 0.680. The van der Waals surface area contributed by atoms with Gasteiger partial charge in [-0.2, -0.15) is 0 Å². The van der Waals surface area contributed by atoms with Crippen LogP contribution in [-0.2, 0) is 13.0 Å². The number of nitrogens with two attached hydrogens (primary N) is 1. The van der Waals surface area contributed by atoms with E-state index in [1.165, 1.54) is 11.1 Å². The van der Waals surface area contributed by atoms with E-state index in [1.54, 1.807) is 6.07 Å². The number of para-hydroxylation sites is 1. The van der Waals surface area contributed by atoms with Gasteiger partial charge in [-0.25, -0.2) is 4.98 Å². The summed E-state index contributed by atoms with van der Waals surface area (Å²) >= 11 is 0. The van der Waals surface area contributed by atoms with E-state index in [1.807, 2.05) is 12.1 Å². The highest BCUT2D eigenvalue weighted by atomic mass is 16.1. The van der Waals surface area contributed by atoms with E-state index in [0.29, 0.717) is 11.1 Å². The molecule has 1 unspecified atom stereocenters. The molecule has 5 heteroatoms. The van der Waals surface area contributed by atoms with E-state index in [2.05, 4.69) is 39.6 Å². The molecule has 0 saturated carbocycles. The van der Waals surface area contributed by atoms with Gasteiger partial charge in [0, 0.05) is 6.54 Å². The Kier molecular flexibility index (Phi) is 3.35. The lowest BCUT2D eigenvalue weighted by Gasteiger charge is -2.12. The van der Waals surface area contributed by atoms with Crippen LogP contribution in [0.2, 0.25) is 0 Å². The summed E-state index contributed by atoms with van der Waals surface area (Å²) in [7, 11) is 0. The molecule has 2 heterocycles. The van der Waals surface area contributed by atoms with Crippen LogP contribution in [0.15, 0.2) is 42.5 Å². The molecule has 0 aliphatic carbocycles. The first-order chi connectivity index (χ1) is 11.2. The number of amides is 1. The molecule has 2 aromatic carbocycles. The number of H-pyrrole nitrogens is 1. The predicted molar refractivity (Wildman–Crippen MR) is 89.0 cm³/mol. The first kappa shape index (κ1) is 14.0. The SMILES string of the molecule is NC(=O)c1cccc2[nH]c(C3CCc4ccccc4CN3)nc12. The Morgan fingerprint density at radius 3 is 2.78 bits per heavy atom. The Bertz CT molecular complexity index is 857. The summed E-state index contributed by atoms with van der Waals surface area (Å²) in [6.45, 7) is 0.820. The number of aromatic amines is 1. The van der Waals surface area contributed by atoms with E-state index in [0.717, 1.165) is 30.7 Å². The minimum absolute atomic E-state index is 0.135. The van der Waals surface area contributed by atoms with Crippen molar-refractivity contribution in [2.45, 2.75) is 25.4 Å². The lowest BCUT2D eigenvalue weighted by molar-refractivity contribution is 0.100. The first-order valence-corrected chi connectivity index (χ1v) is 7.81. The van der Waals surface area contributed by atoms with Crippen molar-refractivity contribution in [1.82, 2.24) is 15.3 Å². The van der Waals surface area contributed by atoms with Crippen molar-refractivity contribution in [2.75, 3.05) is 0 Å². The predicted octanol–water partition coefficient (Wildman–Crippen LogP) is 2.44. The standard InChI is InChI=1S/C18H18N4O/c19-17(23)13-6-3-7-14-16(13)22-18(21-14)15-9-8-11-4-1-2-5-12(11)10-20-15/h1-7,15,20H,8-10H2,(H2,19,23)(H,21,22). The Balaban J connectivity index is 1.68. The van der Waals surface area contributed by atoms with Crippen LogP contribution in [0.3, 0.4) is 0 Å². The molecule has 5 nitrogen and oxygen atoms in total. The fraction of sp³-hybridized carbons (Fsp3) is 0.222. The molecule has 0 saturated heterocycles. The van der Waals surface area contributed by atoms with Crippen LogP contribution in [-0.4, -0.2) is 15.9 Å². The van der Waals surface area contributed by atoms with E-state index >= 15 is 0 Å². The average Bonchev–Trinajstić information content (AvgIpc) is 2.87. The van der Waals surface area contributed by atoms with E-state index in [9.17, 15) is 4.79 Å². The van der Waals surface area contributed by atoms with Gasteiger partial charge >= 0.3 is 0 Å². The molecular formula is C18H18N4O. The molecule has 116 valence electrons. The lowest BCUT2D eigenvalue weighted by Crippen LogP contribution is -2.20. The summed E-state index contributed by atoms with van der Waals surface area (Å²) in [5, 5.41) is 3.55. The summed E-state index contributed by atoms with van der Waals surface area (Å²) in [6.07, 6.45) is 1.97. The van der Waals surface area contributed by atoms with Crippen LogP contribution >= 0.6 is 0 Å². The van der Waals surface area contributed by atoms with Gasteiger partial charge in [0.15, 0.2) is 0 Å². The van der Waals surface area contributed by atoms with Crippen LogP contribution in [0.5, 0.6) is 0 Å². The maximum absolute atomic E-state index is 11.6. The zero-order chi connectivity index (χ0) is 15.8. The van der Waals surface area contributed by atoms with E-state index in [-0.39, 0.29) is 6.04 Å². The minimum Gasteiger partial charge on any atom is -0.366 e.